The molecule has 3 N–H and O–H groups in total. The molecule has 0 aliphatic carbocycles. The van der Waals surface area contributed by atoms with Crippen LogP contribution in [0.25, 0.3) is 0 Å². The third-order valence-corrected chi connectivity index (χ3v) is 2.96. The van der Waals surface area contributed by atoms with Gasteiger partial charge in [-0.3, -0.25) is 9.59 Å². The van der Waals surface area contributed by atoms with Crippen LogP contribution in [-0.4, -0.2) is 45.8 Å². The summed E-state index contributed by atoms with van der Waals surface area (Å²) in [6, 6.07) is 3.54. The van der Waals surface area contributed by atoms with E-state index in [1.165, 1.54) is 19.2 Å². The molecule has 0 saturated carbocycles. The van der Waals surface area contributed by atoms with E-state index in [-0.39, 0.29) is 41.5 Å². The van der Waals surface area contributed by atoms with Crippen molar-refractivity contribution in [2.24, 2.45) is 5.10 Å². The number of aromatic carboxylic acids is 1. The molecule has 1 aliphatic heterocycles. The second-order valence-corrected chi connectivity index (χ2v) is 4.46. The number of hydrazone groups is 1. The smallest absolute Gasteiger partial charge is 0.335 e. The first-order chi connectivity index (χ1) is 9.88. The molecule has 0 radical (unpaired) electrons. The summed E-state index contributed by atoms with van der Waals surface area (Å²) >= 11 is 0. The monoisotopic (exact) mass is 291 g/mol. The Morgan fingerprint density at radius 2 is 2.05 bits per heavy atom. The molecular weight excluding hydrogens is 278 g/mol. The standard InChI is InChI=1S/C13H13N3O5/c1-16-11(18)5-3-8(15-16)12(19)14-9-6-7(13(20)21)2-4-10(9)17/h2,4,6,17H,3,5H2,1H3,(H,14,19)(H,20,21). The van der Waals surface area contributed by atoms with E-state index in [9.17, 15) is 19.5 Å². The molecule has 0 saturated heterocycles. The zero-order valence-electron chi connectivity index (χ0n) is 11.2. The zero-order valence-corrected chi connectivity index (χ0v) is 11.2. The fraction of sp³-hybridized carbons (Fsp3) is 0.231. The van der Waals surface area contributed by atoms with Crippen molar-refractivity contribution in [3.63, 3.8) is 0 Å². The van der Waals surface area contributed by atoms with Crippen molar-refractivity contribution < 1.29 is 24.6 Å². The molecule has 0 aromatic heterocycles. The highest BCUT2D eigenvalue weighted by Crippen LogP contribution is 2.24. The number of nitrogens with zero attached hydrogens (tertiary/aromatic N) is 2. The van der Waals surface area contributed by atoms with E-state index < -0.39 is 11.9 Å². The molecule has 110 valence electrons. The van der Waals surface area contributed by atoms with Crippen LogP contribution in [0, 0.1) is 0 Å². The number of phenolic OH excluding ortho intramolecular Hbond substituents is 1. The van der Waals surface area contributed by atoms with Crippen molar-refractivity contribution in [3.8, 4) is 5.75 Å². The van der Waals surface area contributed by atoms with Crippen LogP contribution in [-0.2, 0) is 9.59 Å². The van der Waals surface area contributed by atoms with E-state index in [1.54, 1.807) is 0 Å². The molecule has 0 unspecified atom stereocenters. The van der Waals surface area contributed by atoms with Crippen LogP contribution >= 0.6 is 0 Å². The molecule has 1 aliphatic rings. The number of hydrogen-bond donors (Lipinski definition) is 3. The van der Waals surface area contributed by atoms with E-state index in [0.29, 0.717) is 0 Å². The molecule has 0 bridgehead atoms. The van der Waals surface area contributed by atoms with Gasteiger partial charge in [-0.05, 0) is 18.2 Å². The summed E-state index contributed by atoms with van der Waals surface area (Å²) in [4.78, 5) is 34.2. The van der Waals surface area contributed by atoms with Crippen molar-refractivity contribution in [3.05, 3.63) is 23.8 Å². The number of carboxylic acid groups (broad SMARTS) is 1. The lowest BCUT2D eigenvalue weighted by atomic mass is 10.1. The molecular formula is C13H13N3O5. The molecule has 0 atom stereocenters. The second-order valence-electron chi connectivity index (χ2n) is 4.46. The first-order valence-electron chi connectivity index (χ1n) is 6.10. The third-order valence-electron chi connectivity index (χ3n) is 2.96. The van der Waals surface area contributed by atoms with Crippen LogP contribution in [0.1, 0.15) is 23.2 Å². The molecule has 2 amide bonds. The Morgan fingerprint density at radius 3 is 2.67 bits per heavy atom. The maximum absolute atomic E-state index is 12.0. The number of aromatic hydroxyl groups is 1. The fourth-order valence-electron chi connectivity index (χ4n) is 1.80. The summed E-state index contributed by atoms with van der Waals surface area (Å²) < 4.78 is 0. The number of carbonyl (C=O) groups is 3. The third kappa shape index (κ3) is 3.16. The minimum atomic E-state index is -1.18. The highest BCUT2D eigenvalue weighted by Gasteiger charge is 2.22. The minimum absolute atomic E-state index is 0.0258. The Kier molecular flexibility index (Phi) is 3.88. The average Bonchev–Trinajstić information content (AvgIpc) is 2.43. The Bertz CT molecular complexity index is 653. The van der Waals surface area contributed by atoms with Crippen LogP contribution in [0.15, 0.2) is 23.3 Å². The van der Waals surface area contributed by atoms with Gasteiger partial charge in [-0.25, -0.2) is 9.80 Å². The van der Waals surface area contributed by atoms with E-state index in [0.717, 1.165) is 11.1 Å². The second kappa shape index (κ2) is 5.61. The summed E-state index contributed by atoms with van der Waals surface area (Å²) in [5, 5.41) is 25.8. The van der Waals surface area contributed by atoms with Crippen molar-refractivity contribution in [2.75, 3.05) is 12.4 Å². The number of nitrogens with one attached hydrogen (secondary N) is 1. The van der Waals surface area contributed by atoms with E-state index >= 15 is 0 Å². The Labute approximate surface area is 119 Å². The van der Waals surface area contributed by atoms with Crippen LogP contribution in [0.3, 0.4) is 0 Å². The summed E-state index contributed by atoms with van der Waals surface area (Å²) in [6.45, 7) is 0. The van der Waals surface area contributed by atoms with Gasteiger partial charge in [-0.2, -0.15) is 5.10 Å². The van der Waals surface area contributed by atoms with Gasteiger partial charge in [0.05, 0.1) is 11.3 Å². The van der Waals surface area contributed by atoms with Gasteiger partial charge in [0.25, 0.3) is 5.91 Å². The highest BCUT2D eigenvalue weighted by molar-refractivity contribution is 6.43. The summed E-state index contributed by atoms with van der Waals surface area (Å²) in [7, 11) is 1.44. The van der Waals surface area contributed by atoms with Gasteiger partial charge in [-0.15, -0.1) is 0 Å². The highest BCUT2D eigenvalue weighted by atomic mass is 16.4. The van der Waals surface area contributed by atoms with Crippen molar-refractivity contribution in [2.45, 2.75) is 12.8 Å². The number of amides is 2. The van der Waals surface area contributed by atoms with Gasteiger partial charge in [0, 0.05) is 19.9 Å². The molecule has 8 heteroatoms. The first-order valence-corrected chi connectivity index (χ1v) is 6.10. The number of phenols is 1. The molecule has 8 nitrogen and oxygen atoms in total. The van der Waals surface area contributed by atoms with Gasteiger partial charge in [0.1, 0.15) is 11.5 Å². The van der Waals surface area contributed by atoms with Crippen LogP contribution < -0.4 is 5.32 Å². The lowest BCUT2D eigenvalue weighted by Gasteiger charge is -2.19. The lowest BCUT2D eigenvalue weighted by molar-refractivity contribution is -0.130. The van der Waals surface area contributed by atoms with Gasteiger partial charge < -0.3 is 15.5 Å². The lowest BCUT2D eigenvalue weighted by Crippen LogP contribution is -2.34. The molecule has 0 spiro atoms. The number of rotatable bonds is 3. The molecule has 1 heterocycles. The van der Waals surface area contributed by atoms with Gasteiger partial charge in [0.2, 0.25) is 5.91 Å². The number of hydrogen-bond acceptors (Lipinski definition) is 5. The topological polar surface area (TPSA) is 119 Å². The fourth-order valence-corrected chi connectivity index (χ4v) is 1.80. The number of benzene rings is 1. The number of anilines is 1. The molecule has 1 aromatic rings. The van der Waals surface area contributed by atoms with Crippen LogP contribution in [0.2, 0.25) is 0 Å². The molecule has 0 fully saturated rings. The van der Waals surface area contributed by atoms with Gasteiger partial charge >= 0.3 is 5.97 Å². The largest absolute Gasteiger partial charge is 0.506 e. The zero-order chi connectivity index (χ0) is 15.6. The predicted molar refractivity (Wildman–Crippen MR) is 73.1 cm³/mol. The van der Waals surface area contributed by atoms with Crippen molar-refractivity contribution in [1.29, 1.82) is 0 Å². The Morgan fingerprint density at radius 1 is 1.33 bits per heavy atom. The van der Waals surface area contributed by atoms with Gasteiger partial charge in [-0.1, -0.05) is 0 Å². The number of carbonyl (C=O) groups excluding carboxylic acids is 2. The molecule has 2 rings (SSSR count). The van der Waals surface area contributed by atoms with Crippen LogP contribution in [0.5, 0.6) is 5.75 Å². The van der Waals surface area contributed by atoms with Crippen molar-refractivity contribution >= 4 is 29.2 Å². The summed E-state index contributed by atoms with van der Waals surface area (Å²) in [5.41, 5.74) is 0.0420. The average molecular weight is 291 g/mol. The molecule has 1 aromatic carbocycles. The SMILES string of the molecule is CN1N=C(C(=O)Nc2cc(C(=O)O)ccc2O)CCC1=O. The normalized spacial score (nSPS) is 14.6. The Balaban J connectivity index is 2.20. The molecule has 21 heavy (non-hydrogen) atoms. The van der Waals surface area contributed by atoms with Crippen molar-refractivity contribution in [1.82, 2.24) is 5.01 Å². The maximum Gasteiger partial charge on any atom is 0.335 e. The quantitative estimate of drug-likeness (QED) is 0.706. The van der Waals surface area contributed by atoms with E-state index in [1.807, 2.05) is 0 Å². The van der Waals surface area contributed by atoms with E-state index in [4.69, 9.17) is 5.11 Å². The predicted octanol–water partition coefficient (Wildman–Crippen LogP) is 0.637. The number of carboxylic acids is 1. The maximum atomic E-state index is 12.0. The van der Waals surface area contributed by atoms with Gasteiger partial charge in [0.15, 0.2) is 0 Å². The van der Waals surface area contributed by atoms with E-state index in [2.05, 4.69) is 10.4 Å². The first kappa shape index (κ1) is 14.5. The summed E-state index contributed by atoms with van der Waals surface area (Å²) in [6.07, 6.45) is 0.359. The summed E-state index contributed by atoms with van der Waals surface area (Å²) in [5.74, 6) is -2.21. The minimum Gasteiger partial charge on any atom is -0.506 e. The van der Waals surface area contributed by atoms with Crippen LogP contribution in [0.4, 0.5) is 5.69 Å². The Hall–Kier alpha value is -2.90.